The van der Waals surface area contributed by atoms with Gasteiger partial charge in [0.1, 0.15) is 32.7 Å². The van der Waals surface area contributed by atoms with Gasteiger partial charge in [-0.05, 0) is 25.3 Å². The third-order valence-corrected chi connectivity index (χ3v) is 5.38. The van der Waals surface area contributed by atoms with E-state index in [9.17, 15) is 13.2 Å². The van der Waals surface area contributed by atoms with E-state index >= 15 is 0 Å². The summed E-state index contributed by atoms with van der Waals surface area (Å²) in [7, 11) is 0. The minimum absolute atomic E-state index is 0.431. The summed E-state index contributed by atoms with van der Waals surface area (Å²) >= 11 is 0. The molecule has 3 rings (SSSR count). The summed E-state index contributed by atoms with van der Waals surface area (Å²) in [5.74, 6) is 0.789. The molecule has 1 aromatic carbocycles. The van der Waals surface area contributed by atoms with Gasteiger partial charge in [-0.3, -0.25) is 0 Å². The van der Waals surface area contributed by atoms with Crippen LogP contribution in [-0.2, 0) is 12.7 Å². The second-order valence-electron chi connectivity index (χ2n) is 7.19. The normalized spacial score (nSPS) is 28.0. The third-order valence-electron chi connectivity index (χ3n) is 5.38. The SMILES string of the molecule is FC(F)(F)c1ccccc1C[NH+]1CC[NH+](C[C@H]2CC=CCC2)CC1. The van der Waals surface area contributed by atoms with Crippen LogP contribution in [0.25, 0.3) is 0 Å². The lowest BCUT2D eigenvalue weighted by Crippen LogP contribution is -3.27. The van der Waals surface area contributed by atoms with Gasteiger partial charge in [0.05, 0.1) is 12.1 Å². The molecule has 1 aromatic rings. The Labute approximate surface area is 141 Å². The molecule has 2 N–H and O–H groups in total. The topological polar surface area (TPSA) is 8.88 Å². The molecule has 0 unspecified atom stereocenters. The average molecular weight is 340 g/mol. The highest BCUT2D eigenvalue weighted by Gasteiger charge is 2.34. The summed E-state index contributed by atoms with van der Waals surface area (Å²) in [6, 6.07) is 6.01. The van der Waals surface area contributed by atoms with Gasteiger partial charge in [-0.25, -0.2) is 0 Å². The highest BCUT2D eigenvalue weighted by atomic mass is 19.4. The van der Waals surface area contributed by atoms with Gasteiger partial charge in [-0.1, -0.05) is 30.4 Å². The van der Waals surface area contributed by atoms with Crippen molar-refractivity contribution in [2.24, 2.45) is 5.92 Å². The summed E-state index contributed by atoms with van der Waals surface area (Å²) in [5.41, 5.74) is -0.0397. The predicted octanol–water partition coefficient (Wildman–Crippen LogP) is 1.35. The van der Waals surface area contributed by atoms with Gasteiger partial charge in [-0.15, -0.1) is 0 Å². The van der Waals surface area contributed by atoms with Crippen LogP contribution in [-0.4, -0.2) is 32.7 Å². The molecular formula is C19H27F3N2+2. The van der Waals surface area contributed by atoms with Crippen LogP contribution >= 0.6 is 0 Å². The number of benzene rings is 1. The van der Waals surface area contributed by atoms with Crippen molar-refractivity contribution in [1.82, 2.24) is 0 Å². The minimum atomic E-state index is -4.25. The zero-order chi connectivity index (χ0) is 17.0. The van der Waals surface area contributed by atoms with E-state index in [0.29, 0.717) is 12.1 Å². The molecule has 5 heteroatoms. The number of rotatable bonds is 4. The van der Waals surface area contributed by atoms with Gasteiger partial charge in [0, 0.05) is 11.5 Å². The van der Waals surface area contributed by atoms with E-state index in [-0.39, 0.29) is 0 Å². The van der Waals surface area contributed by atoms with Crippen LogP contribution in [0, 0.1) is 5.92 Å². The molecule has 132 valence electrons. The fraction of sp³-hybridized carbons (Fsp3) is 0.579. The molecule has 2 nitrogen and oxygen atoms in total. The Morgan fingerprint density at radius 1 is 0.958 bits per heavy atom. The lowest BCUT2D eigenvalue weighted by atomic mass is 9.94. The van der Waals surface area contributed by atoms with Crippen molar-refractivity contribution in [2.45, 2.75) is 32.0 Å². The Bertz CT molecular complexity index is 560. The first-order chi connectivity index (χ1) is 11.5. The van der Waals surface area contributed by atoms with Crippen LogP contribution in [0.5, 0.6) is 0 Å². The minimum Gasteiger partial charge on any atom is -0.325 e. The quantitative estimate of drug-likeness (QED) is 0.766. The zero-order valence-electron chi connectivity index (χ0n) is 14.0. The third kappa shape index (κ3) is 4.61. The van der Waals surface area contributed by atoms with E-state index in [1.165, 1.54) is 42.8 Å². The van der Waals surface area contributed by atoms with Gasteiger partial charge in [0.2, 0.25) is 0 Å². The number of alkyl halides is 3. The number of halogens is 3. The molecule has 1 atom stereocenters. The predicted molar refractivity (Wildman–Crippen MR) is 87.9 cm³/mol. The summed E-state index contributed by atoms with van der Waals surface area (Å²) in [6.07, 6.45) is 3.99. The van der Waals surface area contributed by atoms with Gasteiger partial charge < -0.3 is 9.80 Å². The molecule has 1 aliphatic heterocycles. The van der Waals surface area contributed by atoms with Crippen LogP contribution in [0.2, 0.25) is 0 Å². The van der Waals surface area contributed by atoms with Crippen LogP contribution in [0.15, 0.2) is 36.4 Å². The highest BCUT2D eigenvalue weighted by molar-refractivity contribution is 5.28. The number of nitrogens with one attached hydrogen (secondary N) is 2. The van der Waals surface area contributed by atoms with Crippen molar-refractivity contribution in [3.8, 4) is 0 Å². The molecule has 0 bridgehead atoms. The maximum Gasteiger partial charge on any atom is 0.416 e. The van der Waals surface area contributed by atoms with E-state index in [4.69, 9.17) is 0 Å². The van der Waals surface area contributed by atoms with E-state index in [1.54, 1.807) is 17.0 Å². The maximum atomic E-state index is 13.1. The van der Waals surface area contributed by atoms with E-state index < -0.39 is 11.7 Å². The first-order valence-electron chi connectivity index (χ1n) is 8.99. The van der Waals surface area contributed by atoms with Crippen molar-refractivity contribution in [1.29, 1.82) is 0 Å². The van der Waals surface area contributed by atoms with E-state index in [1.807, 2.05) is 0 Å². The Kier molecular flexibility index (Phi) is 5.61. The molecule has 2 aliphatic rings. The molecule has 1 saturated heterocycles. The second-order valence-corrected chi connectivity index (χ2v) is 7.19. The van der Waals surface area contributed by atoms with E-state index in [2.05, 4.69) is 12.2 Å². The van der Waals surface area contributed by atoms with Crippen molar-refractivity contribution in [2.75, 3.05) is 32.7 Å². The number of hydrogen-bond acceptors (Lipinski definition) is 0. The van der Waals surface area contributed by atoms with Gasteiger partial charge in [-0.2, -0.15) is 13.2 Å². The molecule has 1 heterocycles. The molecule has 0 saturated carbocycles. The standard InChI is InChI=1S/C19H25F3N2/c20-19(21,22)18-9-5-4-8-17(18)15-24-12-10-23(11-13-24)14-16-6-2-1-3-7-16/h1-2,4-5,8-9,16H,3,6-7,10-15H2/p+2/t16-/m0/s1. The Morgan fingerprint density at radius 3 is 2.33 bits per heavy atom. The largest absolute Gasteiger partial charge is 0.416 e. The summed E-state index contributed by atoms with van der Waals surface area (Å²) < 4.78 is 39.3. The maximum absolute atomic E-state index is 13.1. The Balaban J connectivity index is 1.52. The van der Waals surface area contributed by atoms with Gasteiger partial charge in [0.25, 0.3) is 0 Å². The highest BCUT2D eigenvalue weighted by Crippen LogP contribution is 2.31. The first-order valence-corrected chi connectivity index (χ1v) is 8.99. The Morgan fingerprint density at radius 2 is 1.67 bits per heavy atom. The molecule has 0 radical (unpaired) electrons. The van der Waals surface area contributed by atoms with Crippen molar-refractivity contribution in [3.63, 3.8) is 0 Å². The van der Waals surface area contributed by atoms with Crippen LogP contribution in [0.1, 0.15) is 30.4 Å². The molecular weight excluding hydrogens is 313 g/mol. The molecule has 1 aliphatic carbocycles. The van der Waals surface area contributed by atoms with Crippen LogP contribution < -0.4 is 9.80 Å². The van der Waals surface area contributed by atoms with Crippen molar-refractivity contribution in [3.05, 3.63) is 47.5 Å². The molecule has 0 spiro atoms. The van der Waals surface area contributed by atoms with Crippen LogP contribution in [0.3, 0.4) is 0 Å². The Hall–Kier alpha value is -1.33. The molecule has 1 fully saturated rings. The summed E-state index contributed by atoms with van der Waals surface area (Å²) in [6.45, 7) is 5.77. The van der Waals surface area contributed by atoms with E-state index in [0.717, 1.165) is 32.1 Å². The second kappa shape index (κ2) is 7.70. The number of hydrogen-bond donors (Lipinski definition) is 2. The fourth-order valence-corrected chi connectivity index (χ4v) is 4.01. The zero-order valence-corrected chi connectivity index (χ0v) is 14.0. The lowest BCUT2D eigenvalue weighted by Gasteiger charge is -2.32. The molecule has 0 aromatic heterocycles. The van der Waals surface area contributed by atoms with Gasteiger partial charge >= 0.3 is 6.18 Å². The average Bonchev–Trinajstić information content (AvgIpc) is 2.57. The number of piperazine rings is 1. The lowest BCUT2D eigenvalue weighted by molar-refractivity contribution is -1.02. The molecule has 24 heavy (non-hydrogen) atoms. The van der Waals surface area contributed by atoms with Gasteiger partial charge in [0.15, 0.2) is 0 Å². The van der Waals surface area contributed by atoms with Crippen molar-refractivity contribution < 1.29 is 23.0 Å². The van der Waals surface area contributed by atoms with Crippen molar-refractivity contribution >= 4 is 0 Å². The fourth-order valence-electron chi connectivity index (χ4n) is 4.01. The monoisotopic (exact) mass is 340 g/mol. The summed E-state index contributed by atoms with van der Waals surface area (Å²) in [4.78, 5) is 2.90. The van der Waals surface area contributed by atoms with Crippen LogP contribution in [0.4, 0.5) is 13.2 Å². The smallest absolute Gasteiger partial charge is 0.325 e. The summed E-state index contributed by atoms with van der Waals surface area (Å²) in [5, 5.41) is 0. The number of allylic oxidation sites excluding steroid dienone is 2. The number of quaternary nitrogens is 2. The molecule has 0 amide bonds. The first kappa shape index (κ1) is 17.5.